The second-order valence-corrected chi connectivity index (χ2v) is 5.96. The van der Waals surface area contributed by atoms with Gasteiger partial charge in [0.2, 0.25) is 11.2 Å². The summed E-state index contributed by atoms with van der Waals surface area (Å²) in [7, 11) is 0. The Balaban J connectivity index is 1.87. The first kappa shape index (κ1) is 14.0. The molecule has 0 amide bonds. The molecule has 0 fully saturated rings. The zero-order chi connectivity index (χ0) is 14.8. The lowest BCUT2D eigenvalue weighted by atomic mass is 10.2. The monoisotopic (exact) mass is 320 g/mol. The zero-order valence-electron chi connectivity index (χ0n) is 11.5. The summed E-state index contributed by atoms with van der Waals surface area (Å²) >= 11 is 7.60. The van der Waals surface area contributed by atoms with E-state index in [2.05, 4.69) is 37.8 Å². The van der Waals surface area contributed by atoms with Crippen molar-refractivity contribution in [2.24, 2.45) is 0 Å². The minimum atomic E-state index is -0.0292. The van der Waals surface area contributed by atoms with Crippen LogP contribution in [0.1, 0.15) is 13.8 Å². The molecule has 1 aromatic carbocycles. The number of nitrogens with zero attached hydrogens (tertiary/aromatic N) is 3. The first-order chi connectivity index (χ1) is 10.1. The Labute approximate surface area is 131 Å². The van der Waals surface area contributed by atoms with Gasteiger partial charge in [-0.1, -0.05) is 0 Å². The van der Waals surface area contributed by atoms with Crippen molar-refractivity contribution in [3.05, 3.63) is 34.9 Å². The Kier molecular flexibility index (Phi) is 3.90. The van der Waals surface area contributed by atoms with Crippen molar-refractivity contribution < 1.29 is 4.74 Å². The Morgan fingerprint density at radius 2 is 2.05 bits per heavy atom. The molecule has 0 radical (unpaired) electrons. The van der Waals surface area contributed by atoms with Crippen molar-refractivity contribution in [3.63, 3.8) is 0 Å². The average molecular weight is 321 g/mol. The molecule has 7 heteroatoms. The molecule has 0 unspecified atom stereocenters. The molecule has 2 aromatic heterocycles. The summed E-state index contributed by atoms with van der Waals surface area (Å²) in [5.74, 6) is 0.361. The number of benzene rings is 1. The fraction of sp³-hybridized carbons (Fsp3) is 0.214. The number of aromatic nitrogens is 3. The van der Waals surface area contributed by atoms with Gasteiger partial charge in [0.25, 0.3) is 0 Å². The molecule has 5 nitrogen and oxygen atoms in total. The third-order valence-corrected chi connectivity index (χ3v) is 3.70. The average Bonchev–Trinajstić information content (AvgIpc) is 2.84. The topological polar surface area (TPSA) is 59.9 Å². The van der Waals surface area contributed by atoms with Gasteiger partial charge >= 0.3 is 6.01 Å². The zero-order valence-corrected chi connectivity index (χ0v) is 13.1. The molecule has 0 atom stereocenters. The van der Waals surface area contributed by atoms with Gasteiger partial charge in [-0.05, 0) is 60.5 Å². The number of anilines is 2. The van der Waals surface area contributed by atoms with Crippen molar-refractivity contribution >= 4 is 44.7 Å². The first-order valence-electron chi connectivity index (χ1n) is 6.43. The van der Waals surface area contributed by atoms with Crippen molar-refractivity contribution in [1.29, 1.82) is 0 Å². The molecule has 0 saturated heterocycles. The third kappa shape index (κ3) is 3.40. The van der Waals surface area contributed by atoms with Gasteiger partial charge in [-0.25, -0.2) is 0 Å². The van der Waals surface area contributed by atoms with Crippen LogP contribution in [-0.2, 0) is 0 Å². The molecule has 0 aliphatic carbocycles. The summed E-state index contributed by atoms with van der Waals surface area (Å²) in [6.07, 6.45) is -0.0292. The maximum atomic E-state index is 5.90. The van der Waals surface area contributed by atoms with Crippen LogP contribution in [0.2, 0.25) is 5.28 Å². The highest BCUT2D eigenvalue weighted by atomic mass is 35.5. The lowest BCUT2D eigenvalue weighted by Crippen LogP contribution is -2.10. The highest BCUT2D eigenvalue weighted by molar-refractivity contribution is 7.17. The smallest absolute Gasteiger partial charge is 0.322 e. The number of fused-ring (bicyclic) bond motifs is 1. The largest absolute Gasteiger partial charge is 0.461 e. The molecule has 2 heterocycles. The van der Waals surface area contributed by atoms with Gasteiger partial charge in [0, 0.05) is 10.4 Å². The highest BCUT2D eigenvalue weighted by Gasteiger charge is 2.08. The van der Waals surface area contributed by atoms with E-state index < -0.39 is 0 Å². The number of halogens is 1. The summed E-state index contributed by atoms with van der Waals surface area (Å²) in [5, 5.41) is 6.44. The van der Waals surface area contributed by atoms with E-state index in [-0.39, 0.29) is 17.4 Å². The fourth-order valence-corrected chi connectivity index (χ4v) is 2.75. The Hall–Kier alpha value is -1.92. The van der Waals surface area contributed by atoms with Crippen LogP contribution < -0.4 is 10.1 Å². The molecule has 0 aliphatic rings. The SMILES string of the molecule is CC(C)Oc1nc(Cl)nc(Nc2ccc3sccc3c2)n1. The van der Waals surface area contributed by atoms with Gasteiger partial charge in [-0.2, -0.15) is 15.0 Å². The summed E-state index contributed by atoms with van der Waals surface area (Å²) in [6.45, 7) is 3.80. The number of hydrogen-bond donors (Lipinski definition) is 1. The molecule has 0 bridgehead atoms. The molecule has 0 aliphatic heterocycles. The minimum Gasteiger partial charge on any atom is -0.461 e. The molecule has 0 spiro atoms. The quantitative estimate of drug-likeness (QED) is 0.778. The number of nitrogens with one attached hydrogen (secondary N) is 1. The highest BCUT2D eigenvalue weighted by Crippen LogP contribution is 2.25. The van der Waals surface area contributed by atoms with Gasteiger partial charge in [0.15, 0.2) is 0 Å². The van der Waals surface area contributed by atoms with E-state index in [1.165, 1.54) is 10.1 Å². The molecule has 1 N–H and O–H groups in total. The van der Waals surface area contributed by atoms with Crippen LogP contribution in [0.5, 0.6) is 6.01 Å². The van der Waals surface area contributed by atoms with E-state index in [4.69, 9.17) is 16.3 Å². The van der Waals surface area contributed by atoms with E-state index in [0.29, 0.717) is 5.95 Å². The van der Waals surface area contributed by atoms with Gasteiger partial charge < -0.3 is 10.1 Å². The molecular formula is C14H13ClN4OS. The van der Waals surface area contributed by atoms with Crippen LogP contribution in [-0.4, -0.2) is 21.1 Å². The van der Waals surface area contributed by atoms with Gasteiger partial charge in [0.05, 0.1) is 6.10 Å². The van der Waals surface area contributed by atoms with E-state index in [1.54, 1.807) is 11.3 Å². The lowest BCUT2D eigenvalue weighted by molar-refractivity contribution is 0.222. The maximum absolute atomic E-state index is 5.90. The van der Waals surface area contributed by atoms with Crippen molar-refractivity contribution in [1.82, 2.24) is 15.0 Å². The van der Waals surface area contributed by atoms with Crippen LogP contribution in [0.25, 0.3) is 10.1 Å². The number of rotatable bonds is 4. The van der Waals surface area contributed by atoms with E-state index in [1.807, 2.05) is 26.0 Å². The lowest BCUT2D eigenvalue weighted by Gasteiger charge is -2.09. The van der Waals surface area contributed by atoms with E-state index >= 15 is 0 Å². The Morgan fingerprint density at radius 1 is 1.19 bits per heavy atom. The summed E-state index contributed by atoms with van der Waals surface area (Å²) in [4.78, 5) is 12.2. The Morgan fingerprint density at radius 3 is 2.86 bits per heavy atom. The number of ether oxygens (including phenoxy) is 1. The number of thiophene rings is 1. The van der Waals surface area contributed by atoms with Gasteiger partial charge in [-0.3, -0.25) is 0 Å². The van der Waals surface area contributed by atoms with Crippen LogP contribution in [0, 0.1) is 0 Å². The van der Waals surface area contributed by atoms with E-state index in [9.17, 15) is 0 Å². The second-order valence-electron chi connectivity index (χ2n) is 4.68. The fourth-order valence-electron chi connectivity index (χ4n) is 1.82. The molecule has 108 valence electrons. The van der Waals surface area contributed by atoms with Crippen LogP contribution in [0.4, 0.5) is 11.6 Å². The number of hydrogen-bond acceptors (Lipinski definition) is 6. The third-order valence-electron chi connectivity index (χ3n) is 2.64. The summed E-state index contributed by atoms with van der Waals surface area (Å²) in [6, 6.07) is 8.34. The summed E-state index contributed by atoms with van der Waals surface area (Å²) < 4.78 is 6.68. The summed E-state index contributed by atoms with van der Waals surface area (Å²) in [5.41, 5.74) is 0.888. The first-order valence-corrected chi connectivity index (χ1v) is 7.68. The minimum absolute atomic E-state index is 0.0292. The standard InChI is InChI=1S/C14H13ClN4OS/c1-8(2)20-14-18-12(15)17-13(19-14)16-10-3-4-11-9(7-10)5-6-21-11/h3-8H,1-2H3,(H,16,17,18,19). The van der Waals surface area contributed by atoms with Crippen LogP contribution in [0.15, 0.2) is 29.6 Å². The molecular weight excluding hydrogens is 308 g/mol. The predicted molar refractivity (Wildman–Crippen MR) is 85.7 cm³/mol. The second kappa shape index (κ2) is 5.83. The van der Waals surface area contributed by atoms with Crippen molar-refractivity contribution in [2.75, 3.05) is 5.32 Å². The molecule has 0 saturated carbocycles. The maximum Gasteiger partial charge on any atom is 0.322 e. The van der Waals surface area contributed by atoms with Crippen LogP contribution in [0.3, 0.4) is 0 Å². The van der Waals surface area contributed by atoms with E-state index in [0.717, 1.165) is 5.69 Å². The predicted octanol–water partition coefficient (Wildman–Crippen LogP) is 4.27. The molecule has 3 rings (SSSR count). The molecule has 21 heavy (non-hydrogen) atoms. The van der Waals surface area contributed by atoms with Crippen molar-refractivity contribution in [3.8, 4) is 6.01 Å². The molecule has 3 aromatic rings. The van der Waals surface area contributed by atoms with Gasteiger partial charge in [0.1, 0.15) is 0 Å². The normalized spacial score (nSPS) is 11.0. The van der Waals surface area contributed by atoms with Crippen LogP contribution >= 0.6 is 22.9 Å². The Bertz CT molecular complexity index is 775. The van der Waals surface area contributed by atoms with Crippen molar-refractivity contribution in [2.45, 2.75) is 20.0 Å². The van der Waals surface area contributed by atoms with Gasteiger partial charge in [-0.15, -0.1) is 11.3 Å².